The highest BCUT2D eigenvalue weighted by molar-refractivity contribution is 5.84. The summed E-state index contributed by atoms with van der Waals surface area (Å²) in [4.78, 5) is 11.2. The maximum atomic E-state index is 11.2. The van der Waals surface area contributed by atoms with Crippen molar-refractivity contribution in [2.24, 2.45) is 5.73 Å². The van der Waals surface area contributed by atoms with Crippen LogP contribution in [0.5, 0.6) is 0 Å². The molecule has 0 aliphatic heterocycles. The molecule has 1 saturated carbocycles. The number of rotatable bonds is 1. The minimum Gasteiger partial charge on any atom is -0.321 e. The van der Waals surface area contributed by atoms with E-state index in [1.165, 1.54) is 5.56 Å². The number of nitrogens with two attached hydrogens (primary N) is 1. The first-order valence-corrected chi connectivity index (χ1v) is 5.10. The molecule has 0 radical (unpaired) electrons. The Bertz CT molecular complexity index is 320. The van der Waals surface area contributed by atoms with Gasteiger partial charge in [0.2, 0.25) is 0 Å². The monoisotopic (exact) mass is 189 g/mol. The van der Waals surface area contributed by atoms with Gasteiger partial charge >= 0.3 is 0 Å². The smallest absolute Gasteiger partial charge is 0.149 e. The fourth-order valence-corrected chi connectivity index (χ4v) is 2.09. The summed E-state index contributed by atoms with van der Waals surface area (Å²) >= 11 is 0. The number of carbonyl (C=O) groups excluding carboxylic acids is 1. The second kappa shape index (κ2) is 3.93. The lowest BCUT2D eigenvalue weighted by Crippen LogP contribution is -2.36. The van der Waals surface area contributed by atoms with E-state index in [0.29, 0.717) is 12.3 Å². The molecule has 1 fully saturated rings. The van der Waals surface area contributed by atoms with E-state index in [1.807, 2.05) is 18.2 Å². The van der Waals surface area contributed by atoms with Crippen LogP contribution in [0.4, 0.5) is 0 Å². The van der Waals surface area contributed by atoms with Crippen molar-refractivity contribution in [1.29, 1.82) is 0 Å². The normalized spacial score (nSPS) is 27.6. The zero-order chi connectivity index (χ0) is 9.97. The number of benzene rings is 1. The maximum Gasteiger partial charge on any atom is 0.149 e. The van der Waals surface area contributed by atoms with Gasteiger partial charge in [-0.15, -0.1) is 0 Å². The van der Waals surface area contributed by atoms with Crippen LogP contribution < -0.4 is 5.73 Å². The Morgan fingerprint density at radius 3 is 2.57 bits per heavy atom. The molecule has 2 atom stereocenters. The topological polar surface area (TPSA) is 43.1 Å². The molecule has 0 bridgehead atoms. The summed E-state index contributed by atoms with van der Waals surface area (Å²) in [5.41, 5.74) is 7.07. The van der Waals surface area contributed by atoms with Gasteiger partial charge in [-0.2, -0.15) is 0 Å². The fourth-order valence-electron chi connectivity index (χ4n) is 2.09. The van der Waals surface area contributed by atoms with Crippen molar-refractivity contribution in [3.05, 3.63) is 35.9 Å². The van der Waals surface area contributed by atoms with Gasteiger partial charge in [-0.3, -0.25) is 4.79 Å². The summed E-state index contributed by atoms with van der Waals surface area (Å²) in [6.45, 7) is 0. The van der Waals surface area contributed by atoms with Gasteiger partial charge in [-0.25, -0.2) is 0 Å². The Balaban J connectivity index is 2.11. The first kappa shape index (κ1) is 9.41. The van der Waals surface area contributed by atoms with Crippen LogP contribution in [0.15, 0.2) is 30.3 Å². The predicted molar refractivity (Wildman–Crippen MR) is 56.0 cm³/mol. The molecule has 0 saturated heterocycles. The van der Waals surface area contributed by atoms with E-state index >= 15 is 0 Å². The highest BCUT2D eigenvalue weighted by atomic mass is 16.1. The van der Waals surface area contributed by atoms with E-state index in [0.717, 1.165) is 12.8 Å². The molecule has 0 spiro atoms. The van der Waals surface area contributed by atoms with Crippen LogP contribution in [0.25, 0.3) is 0 Å². The number of hydrogen-bond donors (Lipinski definition) is 1. The van der Waals surface area contributed by atoms with E-state index in [-0.39, 0.29) is 11.8 Å². The molecule has 0 aromatic heterocycles. The number of ketones is 1. The molecule has 2 rings (SSSR count). The average Bonchev–Trinajstić information content (AvgIpc) is 2.23. The Labute approximate surface area is 84.1 Å². The third-order valence-electron chi connectivity index (χ3n) is 2.96. The Hall–Kier alpha value is -1.15. The zero-order valence-corrected chi connectivity index (χ0v) is 8.15. The highest BCUT2D eigenvalue weighted by Crippen LogP contribution is 2.30. The molecular weight excluding hydrogens is 174 g/mol. The molecule has 0 heterocycles. The van der Waals surface area contributed by atoms with Crippen LogP contribution in [-0.2, 0) is 4.79 Å². The van der Waals surface area contributed by atoms with E-state index in [2.05, 4.69) is 12.1 Å². The first-order valence-electron chi connectivity index (χ1n) is 5.10. The molecule has 1 aromatic carbocycles. The van der Waals surface area contributed by atoms with Crippen molar-refractivity contribution in [1.82, 2.24) is 0 Å². The van der Waals surface area contributed by atoms with Crippen molar-refractivity contribution in [3.8, 4) is 0 Å². The third kappa shape index (κ3) is 1.85. The second-order valence-corrected chi connectivity index (χ2v) is 3.95. The van der Waals surface area contributed by atoms with Crippen molar-refractivity contribution in [3.63, 3.8) is 0 Å². The average molecular weight is 189 g/mol. The Morgan fingerprint density at radius 1 is 1.21 bits per heavy atom. The van der Waals surface area contributed by atoms with Gasteiger partial charge in [0, 0.05) is 6.42 Å². The molecule has 2 nitrogen and oxygen atoms in total. The molecule has 1 aliphatic carbocycles. The van der Waals surface area contributed by atoms with Crippen LogP contribution in [0.2, 0.25) is 0 Å². The quantitative estimate of drug-likeness (QED) is 0.732. The standard InChI is InChI=1S/C12H15NO/c13-11-8-10(6-7-12(11)14)9-4-2-1-3-5-9/h1-5,10-11H,6-8,13H2/t10-,11-/m1/s1. The van der Waals surface area contributed by atoms with Gasteiger partial charge in [-0.05, 0) is 24.3 Å². The van der Waals surface area contributed by atoms with E-state index in [4.69, 9.17) is 5.73 Å². The third-order valence-corrected chi connectivity index (χ3v) is 2.96. The van der Waals surface area contributed by atoms with Crippen LogP contribution in [0.3, 0.4) is 0 Å². The number of hydrogen-bond acceptors (Lipinski definition) is 2. The second-order valence-electron chi connectivity index (χ2n) is 3.95. The van der Waals surface area contributed by atoms with Crippen LogP contribution >= 0.6 is 0 Å². The lowest BCUT2D eigenvalue weighted by Gasteiger charge is -2.25. The van der Waals surface area contributed by atoms with Crippen LogP contribution in [-0.4, -0.2) is 11.8 Å². The summed E-state index contributed by atoms with van der Waals surface area (Å²) in [5, 5.41) is 0. The van der Waals surface area contributed by atoms with Crippen LogP contribution in [0, 0.1) is 0 Å². The highest BCUT2D eigenvalue weighted by Gasteiger charge is 2.26. The molecule has 74 valence electrons. The van der Waals surface area contributed by atoms with Crippen molar-refractivity contribution in [2.75, 3.05) is 0 Å². The molecule has 14 heavy (non-hydrogen) atoms. The van der Waals surface area contributed by atoms with Crippen molar-refractivity contribution in [2.45, 2.75) is 31.2 Å². The molecule has 0 amide bonds. The number of carbonyl (C=O) groups is 1. The summed E-state index contributed by atoms with van der Waals surface area (Å²) < 4.78 is 0. The number of Topliss-reactive ketones (excluding diaryl/α,β-unsaturated/α-hetero) is 1. The molecule has 2 N–H and O–H groups in total. The van der Waals surface area contributed by atoms with Gasteiger partial charge in [0.05, 0.1) is 6.04 Å². The van der Waals surface area contributed by atoms with Crippen molar-refractivity contribution >= 4 is 5.78 Å². The maximum absolute atomic E-state index is 11.2. The van der Waals surface area contributed by atoms with Crippen LogP contribution in [0.1, 0.15) is 30.7 Å². The van der Waals surface area contributed by atoms with Gasteiger partial charge in [0.25, 0.3) is 0 Å². The van der Waals surface area contributed by atoms with Crippen molar-refractivity contribution < 1.29 is 4.79 Å². The predicted octanol–water partition coefficient (Wildman–Crippen LogP) is 1.85. The fraction of sp³-hybridized carbons (Fsp3) is 0.417. The minimum atomic E-state index is -0.242. The Kier molecular flexibility index (Phi) is 2.64. The summed E-state index contributed by atoms with van der Waals surface area (Å²) in [7, 11) is 0. The summed E-state index contributed by atoms with van der Waals surface area (Å²) in [6.07, 6.45) is 2.40. The van der Waals surface area contributed by atoms with Gasteiger partial charge in [-0.1, -0.05) is 30.3 Å². The molecule has 1 aromatic rings. The molecule has 2 heteroatoms. The largest absolute Gasteiger partial charge is 0.321 e. The molecular formula is C12H15NO. The zero-order valence-electron chi connectivity index (χ0n) is 8.15. The molecule has 0 unspecified atom stereocenters. The van der Waals surface area contributed by atoms with E-state index < -0.39 is 0 Å². The lowest BCUT2D eigenvalue weighted by atomic mass is 9.81. The Morgan fingerprint density at radius 2 is 1.93 bits per heavy atom. The van der Waals surface area contributed by atoms with Gasteiger partial charge in [0.15, 0.2) is 0 Å². The molecule has 1 aliphatic rings. The van der Waals surface area contributed by atoms with E-state index in [1.54, 1.807) is 0 Å². The first-order chi connectivity index (χ1) is 6.77. The SMILES string of the molecule is N[C@@H]1C[C@H](c2ccccc2)CCC1=O. The summed E-state index contributed by atoms with van der Waals surface area (Å²) in [6, 6.07) is 10.1. The minimum absolute atomic E-state index is 0.220. The van der Waals surface area contributed by atoms with Gasteiger partial charge < -0.3 is 5.73 Å². The summed E-state index contributed by atoms with van der Waals surface area (Å²) in [5.74, 6) is 0.695. The van der Waals surface area contributed by atoms with E-state index in [9.17, 15) is 4.79 Å². The van der Waals surface area contributed by atoms with Gasteiger partial charge in [0.1, 0.15) is 5.78 Å². The lowest BCUT2D eigenvalue weighted by molar-refractivity contribution is -0.121.